The van der Waals surface area contributed by atoms with Crippen LogP contribution in [0.25, 0.3) is 11.3 Å². The summed E-state index contributed by atoms with van der Waals surface area (Å²) in [6.45, 7) is 3.82. The molecule has 0 bridgehead atoms. The zero-order chi connectivity index (χ0) is 13.9. The Hall–Kier alpha value is -1.59. The van der Waals surface area contributed by atoms with Crippen LogP contribution >= 0.6 is 22.9 Å². The summed E-state index contributed by atoms with van der Waals surface area (Å²) < 4.78 is 0. The number of aliphatic imine (C=N–C) groups is 1. The number of benzene rings is 1. The van der Waals surface area contributed by atoms with E-state index < -0.39 is 0 Å². The second-order valence-electron chi connectivity index (χ2n) is 4.64. The molecule has 6 heteroatoms. The lowest BCUT2D eigenvalue weighted by Gasteiger charge is -2.14. The maximum atomic E-state index is 6.05. The Balaban J connectivity index is 1.79. The summed E-state index contributed by atoms with van der Waals surface area (Å²) in [5.74, 6) is 0.810. The van der Waals surface area contributed by atoms with Crippen molar-refractivity contribution in [2.45, 2.75) is 13.3 Å². The molecule has 0 radical (unpaired) electrons. The third-order valence-corrected chi connectivity index (χ3v) is 4.26. The van der Waals surface area contributed by atoms with Crippen molar-refractivity contribution in [2.24, 2.45) is 4.99 Å². The van der Waals surface area contributed by atoms with Crippen LogP contribution in [0.15, 0.2) is 28.6 Å². The number of hydrogen-bond acceptors (Lipinski definition) is 5. The summed E-state index contributed by atoms with van der Waals surface area (Å²) in [6, 6.07) is 5.95. The molecule has 0 fully saturated rings. The quantitative estimate of drug-likeness (QED) is 0.892. The summed E-state index contributed by atoms with van der Waals surface area (Å²) in [6.07, 6.45) is 1.08. The smallest absolute Gasteiger partial charge is 0.197 e. The van der Waals surface area contributed by atoms with Crippen LogP contribution in [-0.2, 0) is 0 Å². The Morgan fingerprint density at radius 2 is 2.30 bits per heavy atom. The zero-order valence-corrected chi connectivity index (χ0v) is 12.7. The number of hydrogen-bond donors (Lipinski definition) is 2. The normalized spacial score (nSPS) is 14.6. The highest BCUT2D eigenvalue weighted by molar-refractivity contribution is 7.14. The van der Waals surface area contributed by atoms with Gasteiger partial charge in [0.1, 0.15) is 0 Å². The van der Waals surface area contributed by atoms with Gasteiger partial charge in [0.05, 0.1) is 5.69 Å². The summed E-state index contributed by atoms with van der Waals surface area (Å²) >= 11 is 7.62. The molecule has 2 heterocycles. The van der Waals surface area contributed by atoms with Crippen molar-refractivity contribution >= 4 is 34.0 Å². The van der Waals surface area contributed by atoms with E-state index in [2.05, 4.69) is 26.7 Å². The Bertz CT molecular complexity index is 650. The van der Waals surface area contributed by atoms with Crippen LogP contribution in [0, 0.1) is 6.92 Å². The van der Waals surface area contributed by atoms with Crippen LogP contribution in [0.2, 0.25) is 5.02 Å². The highest BCUT2D eigenvalue weighted by atomic mass is 35.5. The van der Waals surface area contributed by atoms with Gasteiger partial charge in [0.15, 0.2) is 11.1 Å². The van der Waals surface area contributed by atoms with Crippen LogP contribution in [0.3, 0.4) is 0 Å². The molecular weight excluding hydrogens is 292 g/mol. The minimum atomic E-state index is 0.781. The van der Waals surface area contributed by atoms with Crippen molar-refractivity contribution < 1.29 is 0 Å². The number of aromatic nitrogens is 1. The van der Waals surface area contributed by atoms with Crippen molar-refractivity contribution in [3.63, 3.8) is 0 Å². The Labute approximate surface area is 126 Å². The zero-order valence-electron chi connectivity index (χ0n) is 11.1. The van der Waals surface area contributed by atoms with Gasteiger partial charge >= 0.3 is 0 Å². The van der Waals surface area contributed by atoms with Gasteiger partial charge in [0, 0.05) is 29.1 Å². The third-order valence-electron chi connectivity index (χ3n) is 3.08. The first-order valence-corrected chi connectivity index (χ1v) is 7.75. The number of thiazole rings is 1. The number of anilines is 1. The number of aryl methyl sites for hydroxylation is 1. The van der Waals surface area contributed by atoms with Gasteiger partial charge in [-0.25, -0.2) is 4.98 Å². The predicted molar refractivity (Wildman–Crippen MR) is 85.8 cm³/mol. The molecule has 2 N–H and O–H groups in total. The van der Waals surface area contributed by atoms with E-state index in [0.717, 1.165) is 52.4 Å². The first-order chi connectivity index (χ1) is 9.72. The molecule has 3 rings (SSSR count). The Morgan fingerprint density at radius 1 is 1.40 bits per heavy atom. The van der Waals surface area contributed by atoms with Crippen molar-refractivity contribution in [3.8, 4) is 11.3 Å². The predicted octanol–water partition coefficient (Wildman–Crippen LogP) is 3.53. The van der Waals surface area contributed by atoms with Gasteiger partial charge in [0.2, 0.25) is 0 Å². The third kappa shape index (κ3) is 2.94. The van der Waals surface area contributed by atoms with Gasteiger partial charge in [0.25, 0.3) is 0 Å². The SMILES string of the molecule is Cc1cc(-c2csc(NC3=NCCCN3)n2)ccc1Cl. The van der Waals surface area contributed by atoms with E-state index in [4.69, 9.17) is 11.6 Å². The topological polar surface area (TPSA) is 49.3 Å². The van der Waals surface area contributed by atoms with E-state index in [1.165, 1.54) is 0 Å². The molecule has 104 valence electrons. The van der Waals surface area contributed by atoms with Gasteiger partial charge < -0.3 is 10.6 Å². The van der Waals surface area contributed by atoms with Crippen molar-refractivity contribution in [1.29, 1.82) is 0 Å². The lowest BCUT2D eigenvalue weighted by atomic mass is 10.1. The van der Waals surface area contributed by atoms with Gasteiger partial charge in [-0.2, -0.15) is 0 Å². The van der Waals surface area contributed by atoms with Crippen LogP contribution in [-0.4, -0.2) is 24.0 Å². The second kappa shape index (κ2) is 5.81. The molecule has 4 nitrogen and oxygen atoms in total. The fourth-order valence-electron chi connectivity index (χ4n) is 1.99. The first-order valence-electron chi connectivity index (χ1n) is 6.50. The van der Waals surface area contributed by atoms with Gasteiger partial charge in [-0.05, 0) is 31.0 Å². The van der Waals surface area contributed by atoms with Crippen molar-refractivity contribution in [2.75, 3.05) is 18.4 Å². The van der Waals surface area contributed by atoms with Crippen LogP contribution in [0.1, 0.15) is 12.0 Å². The molecule has 1 aliphatic rings. The molecule has 0 unspecified atom stereocenters. The molecule has 0 atom stereocenters. The van der Waals surface area contributed by atoms with E-state index in [-0.39, 0.29) is 0 Å². The molecule has 0 amide bonds. The number of nitrogens with one attached hydrogen (secondary N) is 2. The van der Waals surface area contributed by atoms with Crippen LogP contribution in [0.5, 0.6) is 0 Å². The van der Waals surface area contributed by atoms with Crippen LogP contribution < -0.4 is 10.6 Å². The Kier molecular flexibility index (Phi) is 3.89. The lowest BCUT2D eigenvalue weighted by molar-refractivity contribution is 0.740. The summed E-state index contributed by atoms with van der Waals surface area (Å²) in [5, 5.41) is 10.1. The monoisotopic (exact) mass is 306 g/mol. The molecule has 2 aromatic rings. The molecule has 0 spiro atoms. The number of halogens is 1. The maximum absolute atomic E-state index is 6.05. The van der Waals surface area contributed by atoms with Crippen LogP contribution in [0.4, 0.5) is 5.13 Å². The van der Waals surface area contributed by atoms with E-state index in [0.29, 0.717) is 0 Å². The summed E-state index contributed by atoms with van der Waals surface area (Å²) in [5.41, 5.74) is 3.09. The highest BCUT2D eigenvalue weighted by Gasteiger charge is 2.09. The molecule has 1 aromatic carbocycles. The summed E-state index contributed by atoms with van der Waals surface area (Å²) in [7, 11) is 0. The van der Waals surface area contributed by atoms with Gasteiger partial charge in [-0.3, -0.25) is 4.99 Å². The van der Waals surface area contributed by atoms with Crippen molar-refractivity contribution in [1.82, 2.24) is 10.3 Å². The van der Waals surface area contributed by atoms with Crippen molar-refractivity contribution in [3.05, 3.63) is 34.2 Å². The highest BCUT2D eigenvalue weighted by Crippen LogP contribution is 2.27. The maximum Gasteiger partial charge on any atom is 0.197 e. The summed E-state index contributed by atoms with van der Waals surface area (Å²) in [4.78, 5) is 8.96. The standard InChI is InChI=1S/C14H15ClN4S/c1-9-7-10(3-4-11(9)15)12-8-20-14(18-12)19-13-16-5-2-6-17-13/h3-4,7-8H,2,5-6H2,1H3,(H2,16,17,18,19). The average Bonchev–Trinajstić information content (AvgIpc) is 2.91. The van der Waals surface area contributed by atoms with E-state index in [1.54, 1.807) is 11.3 Å². The molecule has 20 heavy (non-hydrogen) atoms. The van der Waals surface area contributed by atoms with E-state index >= 15 is 0 Å². The fraction of sp³-hybridized carbons (Fsp3) is 0.286. The molecule has 0 aliphatic carbocycles. The van der Waals surface area contributed by atoms with Gasteiger partial charge in [-0.1, -0.05) is 17.7 Å². The Morgan fingerprint density at radius 3 is 3.05 bits per heavy atom. The molecular formula is C14H15ClN4S. The molecule has 0 saturated heterocycles. The minimum absolute atomic E-state index is 0.781. The van der Waals surface area contributed by atoms with Gasteiger partial charge in [-0.15, -0.1) is 11.3 Å². The number of nitrogens with zero attached hydrogens (tertiary/aromatic N) is 2. The molecule has 1 aromatic heterocycles. The lowest BCUT2D eigenvalue weighted by Crippen LogP contribution is -2.35. The molecule has 0 saturated carbocycles. The average molecular weight is 307 g/mol. The first kappa shape index (κ1) is 13.4. The largest absolute Gasteiger partial charge is 0.356 e. The number of guanidine groups is 1. The van der Waals surface area contributed by atoms with E-state index in [9.17, 15) is 0 Å². The second-order valence-corrected chi connectivity index (χ2v) is 5.90. The molecule has 1 aliphatic heterocycles. The number of rotatable bonds is 2. The minimum Gasteiger partial charge on any atom is -0.356 e. The fourth-order valence-corrected chi connectivity index (χ4v) is 2.82. The van der Waals surface area contributed by atoms with E-state index in [1.807, 2.05) is 24.4 Å².